The van der Waals surface area contributed by atoms with Gasteiger partial charge in [0, 0.05) is 6.54 Å². The predicted octanol–water partition coefficient (Wildman–Crippen LogP) is 3.84. The van der Waals surface area contributed by atoms with Gasteiger partial charge in [-0.1, -0.05) is 67.6 Å². The van der Waals surface area contributed by atoms with Gasteiger partial charge in [-0.15, -0.1) is 0 Å². The molecule has 7 nitrogen and oxygen atoms in total. The molecular formula is C26H29N3O4S. The number of carbonyl (C=O) groups is 2. The Labute approximate surface area is 200 Å². The standard InChI is InChI=1S/C26H29N3O4S/c1-3-24(29(34(2,32)33)21-14-8-5-9-15-21)26(31)28-23-17-11-10-16-22(23)25(30)27-19-18-20-12-6-4-7-13-20/h4-17,24H,3,18-19H2,1-2H3,(H,27,30)(H,28,31). The molecule has 2 amide bonds. The first-order valence-electron chi connectivity index (χ1n) is 11.1. The van der Waals surface area contributed by atoms with E-state index in [1.165, 1.54) is 0 Å². The van der Waals surface area contributed by atoms with Crippen LogP contribution in [0.25, 0.3) is 0 Å². The zero-order chi connectivity index (χ0) is 24.6. The molecule has 3 aromatic rings. The number of hydrogen-bond donors (Lipinski definition) is 2. The minimum Gasteiger partial charge on any atom is -0.352 e. The van der Waals surface area contributed by atoms with Gasteiger partial charge in [-0.25, -0.2) is 8.42 Å². The number of hydrogen-bond acceptors (Lipinski definition) is 4. The number of rotatable bonds is 10. The van der Waals surface area contributed by atoms with Crippen LogP contribution in [0.1, 0.15) is 29.3 Å². The minimum absolute atomic E-state index is 0.249. The predicted molar refractivity (Wildman–Crippen MR) is 135 cm³/mol. The third kappa shape index (κ3) is 6.45. The van der Waals surface area contributed by atoms with E-state index in [1.807, 2.05) is 30.3 Å². The lowest BCUT2D eigenvalue weighted by Crippen LogP contribution is -2.47. The molecule has 0 aliphatic rings. The summed E-state index contributed by atoms with van der Waals surface area (Å²) in [5.74, 6) is -0.829. The average molecular weight is 480 g/mol. The van der Waals surface area contributed by atoms with Gasteiger partial charge >= 0.3 is 0 Å². The van der Waals surface area contributed by atoms with E-state index in [2.05, 4.69) is 10.6 Å². The largest absolute Gasteiger partial charge is 0.352 e. The maximum atomic E-state index is 13.2. The van der Waals surface area contributed by atoms with Gasteiger partial charge in [0.25, 0.3) is 5.91 Å². The zero-order valence-electron chi connectivity index (χ0n) is 19.3. The van der Waals surface area contributed by atoms with Crippen LogP contribution in [0, 0.1) is 0 Å². The molecule has 0 aromatic heterocycles. The molecule has 0 radical (unpaired) electrons. The second-order valence-electron chi connectivity index (χ2n) is 7.84. The summed E-state index contributed by atoms with van der Waals surface area (Å²) in [5.41, 5.74) is 2.14. The summed E-state index contributed by atoms with van der Waals surface area (Å²) < 4.78 is 26.3. The summed E-state index contributed by atoms with van der Waals surface area (Å²) in [6.07, 6.45) is 2.00. The van der Waals surface area contributed by atoms with Crippen molar-refractivity contribution in [1.82, 2.24) is 5.32 Å². The molecule has 0 aliphatic carbocycles. The highest BCUT2D eigenvalue weighted by molar-refractivity contribution is 7.92. The van der Waals surface area contributed by atoms with E-state index in [4.69, 9.17) is 0 Å². The van der Waals surface area contributed by atoms with E-state index in [0.717, 1.165) is 16.1 Å². The molecule has 0 spiro atoms. The Morgan fingerprint density at radius 1 is 0.882 bits per heavy atom. The molecule has 0 saturated carbocycles. The number of para-hydroxylation sites is 2. The van der Waals surface area contributed by atoms with Gasteiger partial charge < -0.3 is 10.6 Å². The van der Waals surface area contributed by atoms with Crippen molar-refractivity contribution in [1.29, 1.82) is 0 Å². The first-order valence-corrected chi connectivity index (χ1v) is 12.9. The molecule has 3 rings (SSSR count). The summed E-state index contributed by atoms with van der Waals surface area (Å²) in [7, 11) is -3.74. The lowest BCUT2D eigenvalue weighted by Gasteiger charge is -2.30. The Balaban J connectivity index is 1.76. The molecule has 2 N–H and O–H groups in total. The van der Waals surface area contributed by atoms with Crippen molar-refractivity contribution in [3.63, 3.8) is 0 Å². The normalized spacial score (nSPS) is 11.9. The summed E-state index contributed by atoms with van der Waals surface area (Å²) in [6.45, 7) is 2.19. The van der Waals surface area contributed by atoms with E-state index in [9.17, 15) is 18.0 Å². The molecule has 1 atom stereocenters. The fourth-order valence-corrected chi connectivity index (χ4v) is 4.91. The van der Waals surface area contributed by atoms with Crippen molar-refractivity contribution in [2.45, 2.75) is 25.8 Å². The van der Waals surface area contributed by atoms with Gasteiger partial charge in [0.15, 0.2) is 0 Å². The molecule has 1 unspecified atom stereocenters. The molecule has 0 aliphatic heterocycles. The lowest BCUT2D eigenvalue weighted by atomic mass is 10.1. The average Bonchev–Trinajstić information content (AvgIpc) is 2.83. The van der Waals surface area contributed by atoms with Crippen molar-refractivity contribution >= 4 is 33.2 Å². The van der Waals surface area contributed by atoms with E-state index < -0.39 is 22.0 Å². The van der Waals surface area contributed by atoms with Crippen molar-refractivity contribution in [3.8, 4) is 0 Å². The Hall–Kier alpha value is -3.65. The van der Waals surface area contributed by atoms with E-state index >= 15 is 0 Å². The summed E-state index contributed by atoms with van der Waals surface area (Å²) in [6, 6.07) is 24.0. The van der Waals surface area contributed by atoms with Crippen molar-refractivity contribution in [2.24, 2.45) is 0 Å². The van der Waals surface area contributed by atoms with Crippen LogP contribution in [0.4, 0.5) is 11.4 Å². The number of benzene rings is 3. The molecule has 34 heavy (non-hydrogen) atoms. The Morgan fingerprint density at radius 2 is 1.47 bits per heavy atom. The molecule has 8 heteroatoms. The molecular weight excluding hydrogens is 450 g/mol. The topological polar surface area (TPSA) is 95.6 Å². The first kappa shape index (κ1) is 25.0. The number of sulfonamides is 1. The highest BCUT2D eigenvalue weighted by atomic mass is 32.2. The van der Waals surface area contributed by atoms with E-state index in [0.29, 0.717) is 29.9 Å². The van der Waals surface area contributed by atoms with Gasteiger partial charge in [0.1, 0.15) is 6.04 Å². The maximum absolute atomic E-state index is 13.2. The quantitative estimate of drug-likeness (QED) is 0.462. The minimum atomic E-state index is -3.74. The molecule has 0 saturated heterocycles. The number of nitrogens with zero attached hydrogens (tertiary/aromatic N) is 1. The Bertz CT molecular complexity index is 1220. The highest BCUT2D eigenvalue weighted by Gasteiger charge is 2.32. The second kappa shape index (κ2) is 11.5. The number of nitrogens with one attached hydrogen (secondary N) is 2. The second-order valence-corrected chi connectivity index (χ2v) is 9.70. The van der Waals surface area contributed by atoms with Crippen LogP contribution in [0.5, 0.6) is 0 Å². The van der Waals surface area contributed by atoms with E-state index in [-0.39, 0.29) is 12.3 Å². The van der Waals surface area contributed by atoms with Gasteiger partial charge in [-0.3, -0.25) is 13.9 Å². The summed E-state index contributed by atoms with van der Waals surface area (Å²) in [5, 5.41) is 5.65. The smallest absolute Gasteiger partial charge is 0.253 e. The van der Waals surface area contributed by atoms with Crippen molar-refractivity contribution in [3.05, 3.63) is 96.1 Å². The highest BCUT2D eigenvalue weighted by Crippen LogP contribution is 2.24. The monoisotopic (exact) mass is 479 g/mol. The Kier molecular flexibility index (Phi) is 8.43. The van der Waals surface area contributed by atoms with Crippen LogP contribution in [-0.4, -0.2) is 39.1 Å². The van der Waals surface area contributed by atoms with Crippen LogP contribution < -0.4 is 14.9 Å². The maximum Gasteiger partial charge on any atom is 0.253 e. The molecule has 3 aromatic carbocycles. The van der Waals surface area contributed by atoms with Crippen molar-refractivity contribution < 1.29 is 18.0 Å². The Morgan fingerprint density at radius 3 is 2.09 bits per heavy atom. The van der Waals surface area contributed by atoms with Crippen LogP contribution >= 0.6 is 0 Å². The molecule has 0 fully saturated rings. The van der Waals surface area contributed by atoms with Gasteiger partial charge in [0.05, 0.1) is 23.2 Å². The van der Waals surface area contributed by atoms with Gasteiger partial charge in [0.2, 0.25) is 15.9 Å². The summed E-state index contributed by atoms with van der Waals surface area (Å²) >= 11 is 0. The van der Waals surface area contributed by atoms with Gasteiger partial charge in [-0.05, 0) is 42.7 Å². The third-order valence-corrected chi connectivity index (χ3v) is 6.49. The first-order chi connectivity index (χ1) is 16.3. The summed E-state index contributed by atoms with van der Waals surface area (Å²) in [4.78, 5) is 26.1. The van der Waals surface area contributed by atoms with Crippen LogP contribution in [0.3, 0.4) is 0 Å². The van der Waals surface area contributed by atoms with Gasteiger partial charge in [-0.2, -0.15) is 0 Å². The van der Waals surface area contributed by atoms with Crippen molar-refractivity contribution in [2.75, 3.05) is 22.4 Å². The third-order valence-electron chi connectivity index (χ3n) is 5.31. The van der Waals surface area contributed by atoms with Crippen LogP contribution in [0.15, 0.2) is 84.9 Å². The number of anilines is 2. The number of amides is 2. The molecule has 0 bridgehead atoms. The molecule has 0 heterocycles. The van der Waals surface area contributed by atoms with Crippen LogP contribution in [-0.2, 0) is 21.2 Å². The lowest BCUT2D eigenvalue weighted by molar-refractivity contribution is -0.117. The fourth-order valence-electron chi connectivity index (χ4n) is 3.70. The molecule has 178 valence electrons. The fraction of sp³-hybridized carbons (Fsp3) is 0.231. The zero-order valence-corrected chi connectivity index (χ0v) is 20.1. The van der Waals surface area contributed by atoms with E-state index in [1.54, 1.807) is 61.5 Å². The van der Waals surface area contributed by atoms with Crippen LogP contribution in [0.2, 0.25) is 0 Å². The SMILES string of the molecule is CCC(C(=O)Nc1ccccc1C(=O)NCCc1ccccc1)N(c1ccccc1)S(C)(=O)=O. The number of carbonyl (C=O) groups excluding carboxylic acids is 2.